The molecule has 8 rings (SSSR count). The van der Waals surface area contributed by atoms with E-state index in [9.17, 15) is 19.2 Å². The summed E-state index contributed by atoms with van der Waals surface area (Å²) >= 11 is 0. The monoisotopic (exact) mass is 827 g/mol. The lowest BCUT2D eigenvalue weighted by atomic mass is 9.81. The molecule has 6 atom stereocenters. The Labute approximate surface area is 357 Å². The van der Waals surface area contributed by atoms with Crippen molar-refractivity contribution in [3.63, 3.8) is 0 Å². The number of allylic oxidation sites excluding steroid dienone is 1. The number of aromatic amines is 1. The molecule has 4 amide bonds. The van der Waals surface area contributed by atoms with E-state index in [0.29, 0.717) is 37.2 Å². The van der Waals surface area contributed by atoms with E-state index in [1.54, 1.807) is 4.90 Å². The Bertz CT molecular complexity index is 2370. The Morgan fingerprint density at radius 3 is 1.84 bits per heavy atom. The number of aromatic nitrogens is 2. The molecular formula is C48H57N7O6. The molecule has 0 saturated heterocycles. The van der Waals surface area contributed by atoms with Gasteiger partial charge in [-0.15, -0.1) is 0 Å². The molecule has 3 aromatic rings. The van der Waals surface area contributed by atoms with E-state index >= 15 is 0 Å². The number of fused-ring (bicyclic) bond motifs is 5. The van der Waals surface area contributed by atoms with Crippen molar-refractivity contribution < 1.29 is 28.7 Å². The summed E-state index contributed by atoms with van der Waals surface area (Å²) in [6.45, 7) is 12.6. The molecule has 1 aromatic heterocycles. The third-order valence-electron chi connectivity index (χ3n) is 13.1. The Kier molecular flexibility index (Phi) is 11.5. The standard InChI is InChI=1S/C48H57N7O6/c1-25(2)42(52-47(58)60-7)45(56)54-23-27(5)17-38(54)36-20-33(21-49-36)35-16-15-34(40-31-13-14-32(19-31)41(35)40)29-9-11-30(12-10-29)37-22-50-44(51-37)39-18-28(6)24-55(39)46(57)43(26(3)4)53-48(59)61-8/h9-12,15-18,21-22,25-26,31-32,38-39,42-43H,13-14,19-20,23-24H2,1-8H3,(H,50,51)(H,52,58)(H,53,59)/t31?,32?,38-,39-,42-,43-/m0/s1. The normalized spacial score (nSPS) is 22.5. The van der Waals surface area contributed by atoms with Gasteiger partial charge >= 0.3 is 12.2 Å². The smallest absolute Gasteiger partial charge is 0.407 e. The van der Waals surface area contributed by atoms with Crippen LogP contribution in [0.3, 0.4) is 0 Å². The van der Waals surface area contributed by atoms with Crippen molar-refractivity contribution in [1.82, 2.24) is 30.4 Å². The Morgan fingerprint density at radius 1 is 0.738 bits per heavy atom. The lowest BCUT2D eigenvalue weighted by molar-refractivity contribution is -0.135. The number of methoxy groups -OCH3 is 2. The van der Waals surface area contributed by atoms with E-state index in [1.165, 1.54) is 60.5 Å². The fourth-order valence-electron chi connectivity index (χ4n) is 10.1. The van der Waals surface area contributed by atoms with Crippen molar-refractivity contribution in [3.05, 3.63) is 94.6 Å². The topological polar surface area (TPSA) is 158 Å². The number of hydrogen-bond acceptors (Lipinski definition) is 8. The molecule has 2 aromatic carbocycles. The summed E-state index contributed by atoms with van der Waals surface area (Å²) < 4.78 is 9.63. The zero-order chi connectivity index (χ0) is 43.3. The lowest BCUT2D eigenvalue weighted by Crippen LogP contribution is -2.54. The minimum atomic E-state index is -0.730. The van der Waals surface area contributed by atoms with Gasteiger partial charge in [0.15, 0.2) is 0 Å². The van der Waals surface area contributed by atoms with Gasteiger partial charge in [-0.1, -0.05) is 87.4 Å². The lowest BCUT2D eigenvalue weighted by Gasteiger charge is -2.31. The number of aliphatic imine (C=N–C) groups is 1. The van der Waals surface area contributed by atoms with Gasteiger partial charge < -0.3 is 34.9 Å². The number of nitrogens with one attached hydrogen (secondary N) is 3. The summed E-state index contributed by atoms with van der Waals surface area (Å²) in [5.41, 5.74) is 12.7. The number of hydrogen-bond donors (Lipinski definition) is 3. The van der Waals surface area contributed by atoms with Crippen LogP contribution >= 0.6 is 0 Å². The molecular weight excluding hydrogens is 771 g/mol. The molecule has 3 aliphatic heterocycles. The highest BCUT2D eigenvalue weighted by atomic mass is 16.5. The first-order valence-corrected chi connectivity index (χ1v) is 21.5. The van der Waals surface area contributed by atoms with Gasteiger partial charge in [0.1, 0.15) is 23.9 Å². The van der Waals surface area contributed by atoms with Gasteiger partial charge in [-0.3, -0.25) is 14.6 Å². The number of H-pyrrole nitrogens is 1. The summed E-state index contributed by atoms with van der Waals surface area (Å²) in [5.74, 6) is 1.12. The zero-order valence-corrected chi connectivity index (χ0v) is 36.4. The van der Waals surface area contributed by atoms with Crippen molar-refractivity contribution in [2.24, 2.45) is 16.8 Å². The molecule has 4 heterocycles. The first-order chi connectivity index (χ1) is 29.3. The van der Waals surface area contributed by atoms with Crippen LogP contribution in [0.15, 0.2) is 77.1 Å². The van der Waals surface area contributed by atoms with Crippen LogP contribution in [-0.4, -0.2) is 94.9 Å². The summed E-state index contributed by atoms with van der Waals surface area (Å²) in [5, 5.41) is 5.46. The van der Waals surface area contributed by atoms with Crippen LogP contribution in [0.2, 0.25) is 0 Å². The summed E-state index contributed by atoms with van der Waals surface area (Å²) in [4.78, 5) is 68.7. The number of carbonyl (C=O) groups is 4. The molecule has 61 heavy (non-hydrogen) atoms. The summed E-state index contributed by atoms with van der Waals surface area (Å²) in [6.07, 6.45) is 10.9. The van der Waals surface area contributed by atoms with Gasteiger partial charge in [0, 0.05) is 31.4 Å². The minimum Gasteiger partial charge on any atom is -0.453 e. The molecule has 1 fully saturated rings. The number of ether oxygens (including phenoxy) is 2. The Balaban J connectivity index is 1.00. The van der Waals surface area contributed by atoms with Crippen LogP contribution in [-0.2, 0) is 19.1 Å². The van der Waals surface area contributed by atoms with Crippen molar-refractivity contribution in [2.45, 2.75) is 103 Å². The Morgan fingerprint density at radius 2 is 1.26 bits per heavy atom. The van der Waals surface area contributed by atoms with Gasteiger partial charge in [-0.2, -0.15) is 0 Å². The third kappa shape index (κ3) is 7.90. The maximum Gasteiger partial charge on any atom is 0.407 e. The van der Waals surface area contributed by atoms with Crippen LogP contribution < -0.4 is 10.6 Å². The van der Waals surface area contributed by atoms with Gasteiger partial charge in [-0.25, -0.2) is 14.6 Å². The van der Waals surface area contributed by atoms with Crippen LogP contribution in [0, 0.1) is 11.8 Å². The van der Waals surface area contributed by atoms with E-state index in [1.807, 2.05) is 64.9 Å². The van der Waals surface area contributed by atoms with E-state index in [-0.39, 0.29) is 35.7 Å². The highest BCUT2D eigenvalue weighted by molar-refractivity contribution is 6.05. The molecule has 2 bridgehead atoms. The van der Waals surface area contributed by atoms with E-state index in [0.717, 1.165) is 34.5 Å². The quantitative estimate of drug-likeness (QED) is 0.165. The van der Waals surface area contributed by atoms with Gasteiger partial charge in [0.2, 0.25) is 11.8 Å². The number of alkyl carbamates (subject to hydrolysis) is 2. The summed E-state index contributed by atoms with van der Waals surface area (Å²) in [7, 11) is 2.60. The fraction of sp³-hybridized carbons (Fsp3) is 0.458. The first kappa shape index (κ1) is 41.7. The molecule has 13 heteroatoms. The molecule has 0 spiro atoms. The SMILES string of the molecule is COC(=O)N[C@H](C(=O)N1CC(C)=C[C@H]1C1=NC=C(c2ccc(-c3ccc(-c4cnc([C@@H]5C=C(C)CN5C(=O)[C@@H](NC(=O)OC)C(C)C)[nH]4)cc3)c3c2C2CCC3C2)C1)C(C)C. The maximum atomic E-state index is 13.9. The third-order valence-corrected chi connectivity index (χ3v) is 13.1. The minimum absolute atomic E-state index is 0.116. The average molecular weight is 828 g/mol. The predicted octanol–water partition coefficient (Wildman–Crippen LogP) is 8.04. The second-order valence-electron chi connectivity index (χ2n) is 18.0. The van der Waals surface area contributed by atoms with Crippen molar-refractivity contribution in [3.8, 4) is 22.4 Å². The van der Waals surface area contributed by atoms with Crippen LogP contribution in [0.25, 0.3) is 28.0 Å². The fourth-order valence-corrected chi connectivity index (χ4v) is 10.1. The number of imidazole rings is 1. The molecule has 13 nitrogen and oxygen atoms in total. The zero-order valence-electron chi connectivity index (χ0n) is 36.4. The highest BCUT2D eigenvalue weighted by Gasteiger charge is 2.43. The Hall–Kier alpha value is -5.98. The van der Waals surface area contributed by atoms with Crippen LogP contribution in [0.4, 0.5) is 9.59 Å². The molecule has 2 aliphatic carbocycles. The average Bonchev–Trinajstić information content (AvgIpc) is 4.12. The van der Waals surface area contributed by atoms with E-state index < -0.39 is 24.3 Å². The second-order valence-corrected chi connectivity index (χ2v) is 18.0. The number of rotatable bonds is 11. The highest BCUT2D eigenvalue weighted by Crippen LogP contribution is 2.58. The largest absolute Gasteiger partial charge is 0.453 e. The van der Waals surface area contributed by atoms with Gasteiger partial charge in [-0.05, 0) is 95.7 Å². The predicted molar refractivity (Wildman–Crippen MR) is 235 cm³/mol. The number of amides is 4. The molecule has 0 radical (unpaired) electrons. The molecule has 1 saturated carbocycles. The van der Waals surface area contributed by atoms with Gasteiger partial charge in [0.25, 0.3) is 0 Å². The van der Waals surface area contributed by atoms with Crippen LogP contribution in [0.5, 0.6) is 0 Å². The second kappa shape index (κ2) is 16.8. The van der Waals surface area contributed by atoms with Gasteiger partial charge in [0.05, 0.1) is 32.2 Å². The number of nitrogens with zero attached hydrogens (tertiary/aromatic N) is 4. The van der Waals surface area contributed by atoms with Crippen molar-refractivity contribution in [1.29, 1.82) is 0 Å². The van der Waals surface area contributed by atoms with Crippen LogP contribution in [0.1, 0.15) is 108 Å². The molecule has 3 N–H and O–H groups in total. The van der Waals surface area contributed by atoms with E-state index in [4.69, 9.17) is 19.5 Å². The van der Waals surface area contributed by atoms with Crippen molar-refractivity contribution in [2.75, 3.05) is 27.3 Å². The van der Waals surface area contributed by atoms with E-state index in [2.05, 4.69) is 58.1 Å². The first-order valence-electron chi connectivity index (χ1n) is 21.5. The molecule has 320 valence electrons. The maximum absolute atomic E-state index is 13.9. The van der Waals surface area contributed by atoms with Crippen molar-refractivity contribution >= 4 is 35.3 Å². The molecule has 5 aliphatic rings. The molecule has 2 unspecified atom stereocenters. The summed E-state index contributed by atoms with van der Waals surface area (Å²) in [6, 6.07) is 11.1. The number of benzene rings is 2. The number of carbonyl (C=O) groups excluding carboxylic acids is 4.